The summed E-state index contributed by atoms with van der Waals surface area (Å²) in [5.41, 5.74) is 0. The van der Waals surface area contributed by atoms with Crippen molar-refractivity contribution in [3.05, 3.63) is 21.3 Å². The quantitative estimate of drug-likeness (QED) is 0.925. The number of nitrogens with zero attached hydrogens (tertiary/aromatic N) is 1. The monoisotopic (exact) mass is 291 g/mol. The summed E-state index contributed by atoms with van der Waals surface area (Å²) in [5, 5.41) is 9.34. The molecule has 0 saturated carbocycles. The first-order chi connectivity index (χ1) is 8.15. The minimum Gasteiger partial charge on any atom is -0.391 e. The summed E-state index contributed by atoms with van der Waals surface area (Å²) < 4.78 is 0.787. The Hall–Kier alpha value is -0.230. The molecule has 3 nitrogen and oxygen atoms in total. The molecule has 1 aromatic heterocycles. The van der Waals surface area contributed by atoms with Crippen molar-refractivity contribution in [2.45, 2.75) is 18.3 Å². The zero-order chi connectivity index (χ0) is 12.3. The van der Waals surface area contributed by atoms with E-state index in [9.17, 15) is 9.90 Å². The van der Waals surface area contributed by atoms with Crippen molar-refractivity contribution in [2.24, 2.45) is 0 Å². The number of hydrogen-bond donors (Lipinski definition) is 1. The minimum absolute atomic E-state index is 0.120. The zero-order valence-corrected chi connectivity index (χ0v) is 11.7. The molecule has 1 aliphatic rings. The van der Waals surface area contributed by atoms with Gasteiger partial charge in [-0.1, -0.05) is 11.6 Å². The molecule has 0 spiro atoms. The van der Waals surface area contributed by atoms with Gasteiger partial charge in [0.1, 0.15) is 0 Å². The molecular weight excluding hydrogens is 278 g/mol. The van der Waals surface area contributed by atoms with E-state index in [-0.39, 0.29) is 12.0 Å². The van der Waals surface area contributed by atoms with Gasteiger partial charge in [-0.25, -0.2) is 0 Å². The first kappa shape index (κ1) is 13.2. The van der Waals surface area contributed by atoms with E-state index in [4.69, 9.17) is 11.6 Å². The normalized spacial score (nSPS) is 19.9. The van der Waals surface area contributed by atoms with Crippen LogP contribution in [0.5, 0.6) is 0 Å². The van der Waals surface area contributed by atoms with Crippen molar-refractivity contribution in [3.8, 4) is 0 Å². The Balaban J connectivity index is 1.70. The molecule has 1 aromatic rings. The van der Waals surface area contributed by atoms with Gasteiger partial charge in [0.2, 0.25) is 5.91 Å². The highest BCUT2D eigenvalue weighted by Crippen LogP contribution is 2.25. The highest BCUT2D eigenvalue weighted by atomic mass is 35.5. The lowest BCUT2D eigenvalue weighted by Gasteiger charge is -2.14. The van der Waals surface area contributed by atoms with Gasteiger partial charge in [-0.2, -0.15) is 0 Å². The molecule has 6 heteroatoms. The van der Waals surface area contributed by atoms with Gasteiger partial charge in [0.25, 0.3) is 0 Å². The number of thioether (sulfide) groups is 1. The lowest BCUT2D eigenvalue weighted by atomic mass is 10.3. The number of β-amino-alcohol motifs (C(OH)–C–C–N with tert-alkyl or cyclic N) is 1. The van der Waals surface area contributed by atoms with Crippen molar-refractivity contribution < 1.29 is 9.90 Å². The van der Waals surface area contributed by atoms with Gasteiger partial charge < -0.3 is 10.0 Å². The lowest BCUT2D eigenvalue weighted by Crippen LogP contribution is -2.30. The molecule has 17 heavy (non-hydrogen) atoms. The second-order valence-corrected chi connectivity index (χ2v) is 6.77. The number of carbonyl (C=O) groups excluding carboxylic acids is 1. The first-order valence-electron chi connectivity index (χ1n) is 5.43. The van der Waals surface area contributed by atoms with Crippen molar-refractivity contribution in [1.82, 2.24) is 4.90 Å². The third kappa shape index (κ3) is 3.88. The summed E-state index contributed by atoms with van der Waals surface area (Å²) in [6.07, 6.45) is 0.372. The highest BCUT2D eigenvalue weighted by molar-refractivity contribution is 7.99. The molecule has 0 radical (unpaired) electrons. The number of aliphatic hydroxyl groups excluding tert-OH is 1. The van der Waals surface area contributed by atoms with Crippen molar-refractivity contribution in [1.29, 1.82) is 0 Å². The lowest BCUT2D eigenvalue weighted by molar-refractivity contribution is -0.127. The zero-order valence-electron chi connectivity index (χ0n) is 9.26. The summed E-state index contributed by atoms with van der Waals surface area (Å²) in [6.45, 7) is 1.18. The van der Waals surface area contributed by atoms with Crippen LogP contribution in [0.1, 0.15) is 11.3 Å². The fourth-order valence-electron chi connectivity index (χ4n) is 1.73. The fraction of sp³-hybridized carbons (Fsp3) is 0.545. The van der Waals surface area contributed by atoms with Crippen LogP contribution < -0.4 is 0 Å². The van der Waals surface area contributed by atoms with Gasteiger partial charge >= 0.3 is 0 Å². The molecule has 1 amide bonds. The second-order valence-electron chi connectivity index (χ2n) is 3.98. The molecule has 1 atom stereocenters. The predicted octanol–water partition coefficient (Wildman–Crippen LogP) is 2.23. The summed E-state index contributed by atoms with van der Waals surface area (Å²) in [5.74, 6) is 1.41. The van der Waals surface area contributed by atoms with Crippen molar-refractivity contribution >= 4 is 40.6 Å². The van der Waals surface area contributed by atoms with Crippen LogP contribution in [0.25, 0.3) is 0 Å². The summed E-state index contributed by atoms with van der Waals surface area (Å²) >= 11 is 8.97. The number of carbonyl (C=O) groups is 1. The summed E-state index contributed by atoms with van der Waals surface area (Å²) in [6, 6.07) is 3.87. The minimum atomic E-state index is -0.333. The molecule has 2 rings (SSSR count). The van der Waals surface area contributed by atoms with Gasteiger partial charge in [-0.15, -0.1) is 23.1 Å². The topological polar surface area (TPSA) is 40.5 Å². The van der Waals surface area contributed by atoms with Crippen LogP contribution in [0.3, 0.4) is 0 Å². The Bertz CT molecular complexity index is 397. The number of likely N-dealkylation sites (tertiary alicyclic amines) is 1. The van der Waals surface area contributed by atoms with Crippen LogP contribution in [-0.4, -0.2) is 40.9 Å². The average molecular weight is 292 g/mol. The van der Waals surface area contributed by atoms with E-state index in [0.717, 1.165) is 10.1 Å². The Kier molecular flexibility index (Phi) is 4.73. The van der Waals surface area contributed by atoms with Crippen LogP contribution in [0.15, 0.2) is 12.1 Å². The molecule has 94 valence electrons. The van der Waals surface area contributed by atoms with E-state index in [2.05, 4.69) is 0 Å². The highest BCUT2D eigenvalue weighted by Gasteiger charge is 2.23. The van der Waals surface area contributed by atoms with Crippen LogP contribution in [0, 0.1) is 0 Å². The predicted molar refractivity (Wildman–Crippen MR) is 72.7 cm³/mol. The molecule has 0 bridgehead atoms. The summed E-state index contributed by atoms with van der Waals surface area (Å²) in [4.78, 5) is 14.7. The van der Waals surface area contributed by atoms with E-state index in [1.54, 1.807) is 28.0 Å². The van der Waals surface area contributed by atoms with E-state index >= 15 is 0 Å². The largest absolute Gasteiger partial charge is 0.391 e. The van der Waals surface area contributed by atoms with Crippen molar-refractivity contribution in [3.63, 3.8) is 0 Å². The van der Waals surface area contributed by atoms with Gasteiger partial charge in [0, 0.05) is 23.7 Å². The van der Waals surface area contributed by atoms with Gasteiger partial charge in [-0.3, -0.25) is 4.79 Å². The molecular formula is C11H14ClNO2S2. The third-order valence-electron chi connectivity index (χ3n) is 2.61. The standard InChI is InChI=1S/C11H14ClNO2S2/c12-10-2-1-9(17-10)6-16-7-11(15)13-4-3-8(14)5-13/h1-2,8,14H,3-7H2/t8-/m0/s1. The second kappa shape index (κ2) is 6.09. The maximum absolute atomic E-state index is 11.8. The van der Waals surface area contributed by atoms with E-state index in [1.807, 2.05) is 12.1 Å². The van der Waals surface area contributed by atoms with Gasteiger partial charge in [0.05, 0.1) is 16.2 Å². The van der Waals surface area contributed by atoms with Gasteiger partial charge in [-0.05, 0) is 18.6 Å². The molecule has 0 aliphatic carbocycles. The molecule has 0 aromatic carbocycles. The SMILES string of the molecule is O=C(CSCc1ccc(Cl)s1)N1CC[C@H](O)C1. The molecule has 1 aliphatic heterocycles. The smallest absolute Gasteiger partial charge is 0.232 e. The molecule has 0 unspecified atom stereocenters. The van der Waals surface area contributed by atoms with Crippen LogP contribution in [-0.2, 0) is 10.5 Å². The Morgan fingerprint density at radius 3 is 3.06 bits per heavy atom. The van der Waals surface area contributed by atoms with Crippen molar-refractivity contribution in [2.75, 3.05) is 18.8 Å². The maximum atomic E-state index is 11.8. The Morgan fingerprint density at radius 2 is 2.47 bits per heavy atom. The fourth-order valence-corrected chi connectivity index (χ4v) is 3.85. The van der Waals surface area contributed by atoms with E-state index in [1.165, 1.54) is 4.88 Å². The molecule has 1 N–H and O–H groups in total. The Labute approximate surface area is 114 Å². The number of rotatable bonds is 4. The average Bonchev–Trinajstić information content (AvgIpc) is 2.88. The number of thiophene rings is 1. The molecule has 1 saturated heterocycles. The number of hydrogen-bond acceptors (Lipinski definition) is 4. The van der Waals surface area contributed by atoms with E-state index in [0.29, 0.717) is 25.3 Å². The maximum Gasteiger partial charge on any atom is 0.232 e. The number of halogens is 1. The van der Waals surface area contributed by atoms with E-state index < -0.39 is 0 Å². The number of aliphatic hydroxyl groups is 1. The third-order valence-corrected chi connectivity index (χ3v) is 4.99. The summed E-state index contributed by atoms with van der Waals surface area (Å²) in [7, 11) is 0. The van der Waals surface area contributed by atoms with Crippen LogP contribution in [0.2, 0.25) is 4.34 Å². The van der Waals surface area contributed by atoms with Crippen LogP contribution in [0.4, 0.5) is 0 Å². The molecule has 2 heterocycles. The Morgan fingerprint density at radius 1 is 1.65 bits per heavy atom. The van der Waals surface area contributed by atoms with Crippen LogP contribution >= 0.6 is 34.7 Å². The molecule has 1 fully saturated rings. The number of amides is 1. The first-order valence-corrected chi connectivity index (χ1v) is 7.78. The van der Waals surface area contributed by atoms with Gasteiger partial charge in [0.15, 0.2) is 0 Å².